The quantitative estimate of drug-likeness (QED) is 0.415. The number of pyridine rings is 2. The Bertz CT molecular complexity index is 811. The molecular weight excluding hydrogens is 397 g/mol. The van der Waals surface area contributed by atoms with E-state index in [0.29, 0.717) is 37.4 Å². The number of alkyl halides is 3. The Morgan fingerprint density at radius 1 is 1.10 bits per heavy atom. The zero-order valence-corrected chi connectivity index (χ0v) is 17.1. The summed E-state index contributed by atoms with van der Waals surface area (Å²) in [7, 11) is 1.76. The smallest absolute Gasteiger partial charge is 0.382 e. The van der Waals surface area contributed by atoms with Crippen molar-refractivity contribution in [1.82, 2.24) is 20.6 Å². The van der Waals surface area contributed by atoms with Crippen molar-refractivity contribution < 1.29 is 18.0 Å². The maximum Gasteiger partial charge on any atom is 0.433 e. The highest BCUT2D eigenvalue weighted by Gasteiger charge is 2.31. The monoisotopic (exact) mass is 424 g/mol. The maximum absolute atomic E-state index is 12.5. The van der Waals surface area contributed by atoms with Gasteiger partial charge in [0.2, 0.25) is 0 Å². The summed E-state index contributed by atoms with van der Waals surface area (Å²) >= 11 is 0. The van der Waals surface area contributed by atoms with Crippen LogP contribution in [0.25, 0.3) is 0 Å². The molecule has 7 nitrogen and oxygen atoms in total. The Balaban J connectivity index is 1.71. The fraction of sp³-hybridized carbons (Fsp3) is 0.450. The second kappa shape index (κ2) is 11.3. The topological polar surface area (TPSA) is 91.0 Å². The first-order valence-electron chi connectivity index (χ1n) is 9.77. The lowest BCUT2D eigenvalue weighted by Crippen LogP contribution is -2.23. The van der Waals surface area contributed by atoms with Gasteiger partial charge in [-0.1, -0.05) is 6.07 Å². The van der Waals surface area contributed by atoms with Crippen LogP contribution >= 0.6 is 0 Å². The molecule has 2 aromatic heterocycles. The van der Waals surface area contributed by atoms with Crippen molar-refractivity contribution in [2.45, 2.75) is 25.9 Å². The molecule has 2 rings (SSSR count). The number of hydrogen-bond donors (Lipinski definition) is 4. The van der Waals surface area contributed by atoms with Gasteiger partial charge in [0.15, 0.2) is 0 Å². The van der Waals surface area contributed by atoms with Crippen LogP contribution in [0, 0.1) is 0 Å². The highest BCUT2D eigenvalue weighted by molar-refractivity contribution is 5.95. The summed E-state index contributed by atoms with van der Waals surface area (Å²) in [6.45, 7) is 4.45. The molecule has 0 fully saturated rings. The molecule has 1 amide bonds. The summed E-state index contributed by atoms with van der Waals surface area (Å²) in [5.41, 5.74) is 1.11. The first-order chi connectivity index (χ1) is 14.3. The minimum absolute atomic E-state index is 0.171. The fourth-order valence-electron chi connectivity index (χ4n) is 2.72. The Morgan fingerprint density at radius 3 is 2.53 bits per heavy atom. The number of nitrogens with zero attached hydrogens (tertiary/aromatic N) is 2. The molecule has 0 bridgehead atoms. The SMILES string of the molecule is CCNC(=O)c1cnc(NC)c(NCCCNCCc2ccc(C(F)(F)F)nc2)c1. The van der Waals surface area contributed by atoms with E-state index in [0.717, 1.165) is 30.3 Å². The molecule has 0 unspecified atom stereocenters. The van der Waals surface area contributed by atoms with Gasteiger partial charge in [0.05, 0.1) is 11.3 Å². The molecule has 0 aliphatic heterocycles. The van der Waals surface area contributed by atoms with Crippen molar-refractivity contribution in [3.05, 3.63) is 47.4 Å². The first-order valence-corrected chi connectivity index (χ1v) is 9.77. The molecular formula is C20H27F3N6O. The largest absolute Gasteiger partial charge is 0.433 e. The van der Waals surface area contributed by atoms with Crippen LogP contribution in [0.15, 0.2) is 30.6 Å². The van der Waals surface area contributed by atoms with E-state index in [1.54, 1.807) is 13.1 Å². The average molecular weight is 424 g/mol. The molecule has 0 saturated heterocycles. The molecule has 30 heavy (non-hydrogen) atoms. The molecule has 0 atom stereocenters. The van der Waals surface area contributed by atoms with Gasteiger partial charge < -0.3 is 21.3 Å². The van der Waals surface area contributed by atoms with Gasteiger partial charge in [-0.05, 0) is 50.6 Å². The van der Waals surface area contributed by atoms with Crippen molar-refractivity contribution in [3.63, 3.8) is 0 Å². The Kier molecular flexibility index (Phi) is 8.85. The highest BCUT2D eigenvalue weighted by Crippen LogP contribution is 2.27. The Hall–Kier alpha value is -2.88. The summed E-state index contributed by atoms with van der Waals surface area (Å²) in [5.74, 6) is 0.487. The second-order valence-electron chi connectivity index (χ2n) is 6.56. The first kappa shape index (κ1) is 23.4. The van der Waals surface area contributed by atoms with Crippen LogP contribution in [-0.4, -0.2) is 49.1 Å². The van der Waals surface area contributed by atoms with Crippen molar-refractivity contribution in [2.75, 3.05) is 43.9 Å². The van der Waals surface area contributed by atoms with E-state index in [1.807, 2.05) is 6.92 Å². The average Bonchev–Trinajstić information content (AvgIpc) is 2.72. The van der Waals surface area contributed by atoms with Crippen molar-refractivity contribution >= 4 is 17.4 Å². The van der Waals surface area contributed by atoms with E-state index in [9.17, 15) is 18.0 Å². The molecule has 0 saturated carbocycles. The zero-order valence-electron chi connectivity index (χ0n) is 17.1. The van der Waals surface area contributed by atoms with Crippen molar-refractivity contribution in [3.8, 4) is 0 Å². The van der Waals surface area contributed by atoms with Gasteiger partial charge in [-0.15, -0.1) is 0 Å². The third-order valence-corrected chi connectivity index (χ3v) is 4.28. The van der Waals surface area contributed by atoms with E-state index in [-0.39, 0.29) is 5.91 Å². The zero-order chi connectivity index (χ0) is 22.0. The van der Waals surface area contributed by atoms with Crippen molar-refractivity contribution in [2.24, 2.45) is 0 Å². The Labute approximate surface area is 173 Å². The van der Waals surface area contributed by atoms with E-state index in [2.05, 4.69) is 31.2 Å². The normalized spacial score (nSPS) is 11.2. The van der Waals surface area contributed by atoms with E-state index in [4.69, 9.17) is 0 Å². The minimum atomic E-state index is -4.41. The number of nitrogens with one attached hydrogen (secondary N) is 4. The molecule has 164 valence electrons. The van der Waals surface area contributed by atoms with Gasteiger partial charge in [-0.3, -0.25) is 9.78 Å². The third-order valence-electron chi connectivity index (χ3n) is 4.28. The van der Waals surface area contributed by atoms with Crippen LogP contribution < -0.4 is 21.3 Å². The van der Waals surface area contributed by atoms with Gasteiger partial charge >= 0.3 is 6.18 Å². The number of carbonyl (C=O) groups is 1. The van der Waals surface area contributed by atoms with E-state index < -0.39 is 11.9 Å². The fourth-order valence-corrected chi connectivity index (χ4v) is 2.72. The molecule has 0 radical (unpaired) electrons. The van der Waals surface area contributed by atoms with Crippen LogP contribution in [0.1, 0.15) is 35.0 Å². The summed E-state index contributed by atoms with van der Waals surface area (Å²) in [4.78, 5) is 19.7. The Morgan fingerprint density at radius 2 is 1.90 bits per heavy atom. The molecule has 10 heteroatoms. The van der Waals surface area contributed by atoms with Crippen molar-refractivity contribution in [1.29, 1.82) is 0 Å². The lowest BCUT2D eigenvalue weighted by atomic mass is 10.2. The summed E-state index contributed by atoms with van der Waals surface area (Å²) in [6.07, 6.45) is -0.202. The number of aromatic nitrogens is 2. The number of amides is 1. The standard InChI is InChI=1S/C20H27F3N6O/c1-3-26-19(30)15-11-16(18(24-2)29-13-15)27-9-4-8-25-10-7-14-5-6-17(28-12-14)20(21,22)23/h5-6,11-13,25,27H,3-4,7-10H2,1-2H3,(H,24,29)(H,26,30). The van der Waals surface area contributed by atoms with Crippen LogP contribution in [0.2, 0.25) is 0 Å². The van der Waals surface area contributed by atoms with E-state index in [1.165, 1.54) is 18.5 Å². The predicted octanol–water partition coefficient (Wildman–Crippen LogP) is 2.92. The highest BCUT2D eigenvalue weighted by atomic mass is 19.4. The molecule has 0 aliphatic rings. The van der Waals surface area contributed by atoms with E-state index >= 15 is 0 Å². The van der Waals surface area contributed by atoms with Crippen LogP contribution in [-0.2, 0) is 12.6 Å². The third kappa shape index (κ3) is 7.18. The molecule has 2 heterocycles. The van der Waals surface area contributed by atoms with Crippen LogP contribution in [0.5, 0.6) is 0 Å². The lowest BCUT2D eigenvalue weighted by molar-refractivity contribution is -0.141. The predicted molar refractivity (Wildman–Crippen MR) is 111 cm³/mol. The molecule has 2 aromatic rings. The number of carbonyl (C=O) groups excluding carboxylic acids is 1. The molecule has 0 aliphatic carbocycles. The molecule has 4 N–H and O–H groups in total. The molecule has 0 spiro atoms. The van der Waals surface area contributed by atoms with Crippen LogP contribution in [0.4, 0.5) is 24.7 Å². The number of rotatable bonds is 11. The summed E-state index contributed by atoms with van der Waals surface area (Å²) in [5, 5.41) is 12.3. The van der Waals surface area contributed by atoms with Gasteiger partial charge in [0, 0.05) is 32.5 Å². The number of hydrogen-bond acceptors (Lipinski definition) is 6. The summed E-state index contributed by atoms with van der Waals surface area (Å²) in [6, 6.07) is 4.21. The lowest BCUT2D eigenvalue weighted by Gasteiger charge is -2.13. The van der Waals surface area contributed by atoms with Gasteiger partial charge in [-0.25, -0.2) is 4.98 Å². The van der Waals surface area contributed by atoms with Gasteiger partial charge in [0.1, 0.15) is 11.5 Å². The second-order valence-corrected chi connectivity index (χ2v) is 6.56. The maximum atomic E-state index is 12.5. The molecule has 0 aromatic carbocycles. The van der Waals surface area contributed by atoms with Crippen LogP contribution in [0.3, 0.4) is 0 Å². The number of halogens is 3. The van der Waals surface area contributed by atoms with Gasteiger partial charge in [-0.2, -0.15) is 13.2 Å². The number of anilines is 2. The minimum Gasteiger partial charge on any atom is -0.382 e. The summed E-state index contributed by atoms with van der Waals surface area (Å²) < 4.78 is 37.5. The van der Waals surface area contributed by atoms with Gasteiger partial charge in [0.25, 0.3) is 5.91 Å².